The van der Waals surface area contributed by atoms with Crippen LogP contribution in [-0.4, -0.2) is 19.0 Å². The van der Waals surface area contributed by atoms with Crippen molar-refractivity contribution in [2.24, 2.45) is 11.7 Å². The number of quaternary nitrogens is 1. The van der Waals surface area contributed by atoms with Crippen molar-refractivity contribution in [3.63, 3.8) is 0 Å². The highest BCUT2D eigenvalue weighted by Gasteiger charge is 2.26. The first-order chi connectivity index (χ1) is 10.9. The zero-order valence-corrected chi connectivity index (χ0v) is 13.6. The van der Waals surface area contributed by atoms with Crippen LogP contribution in [0.1, 0.15) is 29.5 Å². The van der Waals surface area contributed by atoms with Gasteiger partial charge in [0, 0.05) is 35.8 Å². The molecule has 0 aliphatic carbocycles. The Labute approximate surface area is 135 Å². The summed E-state index contributed by atoms with van der Waals surface area (Å²) in [5.41, 5.74) is 8.95. The Morgan fingerprint density at radius 1 is 1.26 bits per heavy atom. The van der Waals surface area contributed by atoms with Crippen LogP contribution >= 0.6 is 0 Å². The van der Waals surface area contributed by atoms with Gasteiger partial charge in [0.1, 0.15) is 12.1 Å². The van der Waals surface area contributed by atoms with Gasteiger partial charge in [-0.1, -0.05) is 6.07 Å². The molecule has 3 N–H and O–H groups in total. The quantitative estimate of drug-likeness (QED) is 0.818. The number of hydrogen-bond donors (Lipinski definition) is 2. The topological polar surface area (TPSA) is 77.7 Å². The summed E-state index contributed by atoms with van der Waals surface area (Å²) < 4.78 is 5.40. The van der Waals surface area contributed by atoms with Crippen molar-refractivity contribution in [2.45, 2.75) is 33.2 Å². The van der Waals surface area contributed by atoms with Crippen molar-refractivity contribution >= 4 is 16.9 Å². The summed E-state index contributed by atoms with van der Waals surface area (Å²) >= 11 is 0. The molecule has 0 atom stereocenters. The summed E-state index contributed by atoms with van der Waals surface area (Å²) in [6, 6.07) is 5.71. The number of amides is 1. The summed E-state index contributed by atoms with van der Waals surface area (Å²) in [6.45, 7) is 6.59. The lowest BCUT2D eigenvalue weighted by molar-refractivity contribution is -0.919. The molecule has 0 bridgehead atoms. The molecule has 2 heterocycles. The van der Waals surface area contributed by atoms with E-state index in [9.17, 15) is 9.59 Å². The molecule has 1 saturated heterocycles. The Morgan fingerprint density at radius 2 is 1.96 bits per heavy atom. The molecule has 5 nitrogen and oxygen atoms in total. The largest absolute Gasteiger partial charge is 0.422 e. The second kappa shape index (κ2) is 6.16. The van der Waals surface area contributed by atoms with E-state index in [2.05, 4.69) is 6.07 Å². The van der Waals surface area contributed by atoms with E-state index < -0.39 is 0 Å². The minimum Gasteiger partial charge on any atom is -0.422 e. The van der Waals surface area contributed by atoms with E-state index in [1.165, 1.54) is 4.90 Å². The predicted molar refractivity (Wildman–Crippen MR) is 88.3 cm³/mol. The Bertz CT molecular complexity index is 802. The van der Waals surface area contributed by atoms with Crippen molar-refractivity contribution in [3.8, 4) is 0 Å². The van der Waals surface area contributed by atoms with E-state index in [0.717, 1.165) is 54.6 Å². The molecule has 0 unspecified atom stereocenters. The lowest BCUT2D eigenvalue weighted by Crippen LogP contribution is -3.11. The average Bonchev–Trinajstić information content (AvgIpc) is 2.49. The molecule has 1 amide bonds. The first kappa shape index (κ1) is 15.7. The minimum atomic E-state index is -0.300. The van der Waals surface area contributed by atoms with Crippen LogP contribution in [-0.2, 0) is 11.3 Å². The monoisotopic (exact) mass is 315 g/mol. The van der Waals surface area contributed by atoms with Gasteiger partial charge in [0.2, 0.25) is 5.91 Å². The van der Waals surface area contributed by atoms with Gasteiger partial charge in [-0.15, -0.1) is 0 Å². The van der Waals surface area contributed by atoms with E-state index in [1.54, 1.807) is 6.07 Å². The molecular formula is C18H23N2O3+. The van der Waals surface area contributed by atoms with E-state index in [0.29, 0.717) is 5.58 Å². The third kappa shape index (κ3) is 3.29. The lowest BCUT2D eigenvalue weighted by Gasteiger charge is -2.28. The van der Waals surface area contributed by atoms with Gasteiger partial charge in [0.25, 0.3) is 0 Å². The van der Waals surface area contributed by atoms with Crippen molar-refractivity contribution in [1.82, 2.24) is 0 Å². The van der Waals surface area contributed by atoms with Gasteiger partial charge in [0.05, 0.1) is 13.1 Å². The van der Waals surface area contributed by atoms with Crippen LogP contribution in [0.2, 0.25) is 0 Å². The second-order valence-electron chi connectivity index (χ2n) is 6.65. The number of hydrogen-bond acceptors (Lipinski definition) is 3. The molecule has 3 rings (SSSR count). The summed E-state index contributed by atoms with van der Waals surface area (Å²) in [6.07, 6.45) is 1.64. The standard InChI is InChI=1S/C18H22N2O3/c1-11-7-12(2)17-15(8-11)14(9-16(21)23-17)10-20-5-3-13(4-6-20)18(19)22/h7-9,13H,3-6,10H2,1-2H3,(H2,19,22)/p+1. The highest BCUT2D eigenvalue weighted by atomic mass is 16.4. The average molecular weight is 315 g/mol. The Hall–Kier alpha value is -2.14. The Kier molecular flexibility index (Phi) is 4.22. The van der Waals surface area contributed by atoms with Gasteiger partial charge < -0.3 is 15.1 Å². The zero-order chi connectivity index (χ0) is 16.6. The molecule has 23 heavy (non-hydrogen) atoms. The first-order valence-electron chi connectivity index (χ1n) is 8.11. The Morgan fingerprint density at radius 3 is 2.61 bits per heavy atom. The number of piperidine rings is 1. The van der Waals surface area contributed by atoms with Crippen molar-refractivity contribution < 1.29 is 14.1 Å². The van der Waals surface area contributed by atoms with Gasteiger partial charge in [-0.05, 0) is 31.0 Å². The number of nitrogens with one attached hydrogen (secondary N) is 1. The molecule has 2 aromatic rings. The van der Waals surface area contributed by atoms with Gasteiger partial charge >= 0.3 is 5.63 Å². The summed E-state index contributed by atoms with van der Waals surface area (Å²) in [5.74, 6) is -0.193. The van der Waals surface area contributed by atoms with Crippen LogP contribution in [0, 0.1) is 19.8 Å². The third-order valence-electron chi connectivity index (χ3n) is 4.80. The lowest BCUT2D eigenvalue weighted by atomic mass is 9.95. The number of nitrogens with two attached hydrogens (primary N) is 1. The number of carbonyl (C=O) groups excluding carboxylic acids is 1. The van der Waals surface area contributed by atoms with Gasteiger partial charge in [-0.3, -0.25) is 4.79 Å². The highest BCUT2D eigenvalue weighted by Crippen LogP contribution is 2.22. The maximum atomic E-state index is 11.9. The third-order valence-corrected chi connectivity index (χ3v) is 4.80. The molecule has 0 spiro atoms. The van der Waals surface area contributed by atoms with Crippen LogP contribution in [0.4, 0.5) is 0 Å². The molecule has 1 aliphatic rings. The zero-order valence-electron chi connectivity index (χ0n) is 13.6. The van der Waals surface area contributed by atoms with Crippen LogP contribution in [0.5, 0.6) is 0 Å². The molecule has 0 radical (unpaired) electrons. The highest BCUT2D eigenvalue weighted by molar-refractivity contribution is 5.83. The number of carbonyl (C=O) groups is 1. The number of likely N-dealkylation sites (tertiary alicyclic amines) is 1. The fourth-order valence-electron chi connectivity index (χ4n) is 3.58. The van der Waals surface area contributed by atoms with E-state index in [-0.39, 0.29) is 17.5 Å². The van der Waals surface area contributed by atoms with Gasteiger partial charge in [0.15, 0.2) is 0 Å². The summed E-state index contributed by atoms with van der Waals surface area (Å²) in [5, 5.41) is 1.02. The van der Waals surface area contributed by atoms with Crippen molar-refractivity contribution in [1.29, 1.82) is 0 Å². The molecule has 122 valence electrons. The van der Waals surface area contributed by atoms with Gasteiger partial charge in [-0.25, -0.2) is 4.79 Å². The van der Waals surface area contributed by atoms with E-state index in [4.69, 9.17) is 10.2 Å². The first-order valence-corrected chi connectivity index (χ1v) is 8.11. The fourth-order valence-corrected chi connectivity index (χ4v) is 3.58. The SMILES string of the molecule is Cc1cc(C)c2oc(=O)cc(C[NH+]3CCC(C(N)=O)CC3)c2c1. The second-order valence-corrected chi connectivity index (χ2v) is 6.65. The molecule has 1 aromatic heterocycles. The maximum Gasteiger partial charge on any atom is 0.336 e. The number of rotatable bonds is 3. The summed E-state index contributed by atoms with van der Waals surface area (Å²) in [4.78, 5) is 24.5. The molecule has 5 heteroatoms. The molecular weight excluding hydrogens is 292 g/mol. The molecule has 1 aliphatic heterocycles. The van der Waals surface area contributed by atoms with Crippen LogP contribution in [0.15, 0.2) is 27.4 Å². The Balaban J connectivity index is 1.89. The smallest absolute Gasteiger partial charge is 0.336 e. The number of aryl methyl sites for hydroxylation is 2. The normalized spacial score (nSPS) is 21.5. The number of fused-ring (bicyclic) bond motifs is 1. The minimum absolute atomic E-state index is 0.000765. The van der Waals surface area contributed by atoms with Crippen LogP contribution in [0.3, 0.4) is 0 Å². The summed E-state index contributed by atoms with van der Waals surface area (Å²) in [7, 11) is 0. The van der Waals surface area contributed by atoms with Crippen LogP contribution < -0.4 is 16.3 Å². The van der Waals surface area contributed by atoms with Crippen molar-refractivity contribution in [2.75, 3.05) is 13.1 Å². The van der Waals surface area contributed by atoms with E-state index in [1.807, 2.05) is 19.9 Å². The van der Waals surface area contributed by atoms with Crippen LogP contribution in [0.25, 0.3) is 11.0 Å². The van der Waals surface area contributed by atoms with Crippen molar-refractivity contribution in [3.05, 3.63) is 45.3 Å². The number of primary amides is 1. The maximum absolute atomic E-state index is 11.9. The van der Waals surface area contributed by atoms with E-state index >= 15 is 0 Å². The molecule has 0 saturated carbocycles. The molecule has 1 aromatic carbocycles. The van der Waals surface area contributed by atoms with Gasteiger partial charge in [-0.2, -0.15) is 0 Å². The molecule has 1 fully saturated rings. The fraction of sp³-hybridized carbons (Fsp3) is 0.444. The number of benzene rings is 1. The predicted octanol–water partition coefficient (Wildman–Crippen LogP) is 0.690.